The number of nitrogens with zero attached hydrogens (tertiary/aromatic N) is 2. The Balaban J connectivity index is 1.16. The van der Waals surface area contributed by atoms with Crippen molar-refractivity contribution in [3.05, 3.63) is 106 Å². The third kappa shape index (κ3) is 5.10. The zero-order valence-corrected chi connectivity index (χ0v) is 22.3. The van der Waals surface area contributed by atoms with E-state index in [0.717, 1.165) is 52.1 Å². The fourth-order valence-electron chi connectivity index (χ4n) is 5.71. The zero-order valence-electron chi connectivity index (χ0n) is 22.3. The maximum absolute atomic E-state index is 13.3. The normalized spacial score (nSPS) is 15.4. The van der Waals surface area contributed by atoms with Gasteiger partial charge in [-0.3, -0.25) is 14.5 Å². The molecule has 2 heterocycles. The van der Waals surface area contributed by atoms with Gasteiger partial charge in [0.1, 0.15) is 5.75 Å². The fraction of sp³-hybridized carbons (Fsp3) is 0.281. The number of carboxylic acids is 1. The summed E-state index contributed by atoms with van der Waals surface area (Å²) in [7, 11) is 1.64. The first kappa shape index (κ1) is 25.8. The summed E-state index contributed by atoms with van der Waals surface area (Å²) >= 11 is 0. The van der Waals surface area contributed by atoms with E-state index in [0.29, 0.717) is 37.5 Å². The van der Waals surface area contributed by atoms with Crippen LogP contribution < -0.4 is 10.1 Å². The summed E-state index contributed by atoms with van der Waals surface area (Å²) in [5, 5.41) is 16.4. The van der Waals surface area contributed by atoms with Gasteiger partial charge in [0.05, 0.1) is 13.0 Å². The van der Waals surface area contributed by atoms with Crippen molar-refractivity contribution in [1.82, 2.24) is 15.4 Å². The number of carbonyl (C=O) groups is 2. The van der Waals surface area contributed by atoms with E-state index in [2.05, 4.69) is 33.6 Å². The number of rotatable bonds is 9. The zero-order chi connectivity index (χ0) is 27.6. The van der Waals surface area contributed by atoms with Crippen LogP contribution in [0.15, 0.2) is 77.3 Å². The predicted molar refractivity (Wildman–Crippen MR) is 149 cm³/mol. The third-order valence-corrected chi connectivity index (χ3v) is 7.96. The van der Waals surface area contributed by atoms with Crippen LogP contribution in [0.25, 0.3) is 11.3 Å². The van der Waals surface area contributed by atoms with Crippen molar-refractivity contribution in [2.45, 2.75) is 25.3 Å². The Bertz CT molecular complexity index is 1520. The minimum atomic E-state index is -0.726. The van der Waals surface area contributed by atoms with Gasteiger partial charge in [0, 0.05) is 43.2 Å². The molecule has 8 nitrogen and oxygen atoms in total. The lowest BCUT2D eigenvalue weighted by Crippen LogP contribution is -2.49. The number of amides is 1. The number of carboxylic acid groups (broad SMARTS) is 1. The molecule has 0 radical (unpaired) electrons. The molecule has 0 saturated carbocycles. The molecule has 0 bridgehead atoms. The molecule has 1 aliphatic carbocycles. The van der Waals surface area contributed by atoms with Crippen LogP contribution in [0.2, 0.25) is 0 Å². The van der Waals surface area contributed by atoms with Crippen molar-refractivity contribution in [3.63, 3.8) is 0 Å². The van der Waals surface area contributed by atoms with Crippen molar-refractivity contribution in [2.24, 2.45) is 5.92 Å². The first-order valence-corrected chi connectivity index (χ1v) is 13.5. The SMILES string of the molecule is COc1ccc(C(CNC(=O)c2noc3c2CCc2cc(CN4CC(C(=O)O)C4)ccc2-3)c2ccccc2)cc1. The van der Waals surface area contributed by atoms with E-state index in [1.807, 2.05) is 54.6 Å². The summed E-state index contributed by atoms with van der Waals surface area (Å²) in [5.74, 6) is 0.172. The van der Waals surface area contributed by atoms with E-state index in [9.17, 15) is 9.59 Å². The molecule has 1 unspecified atom stereocenters. The maximum Gasteiger partial charge on any atom is 0.309 e. The monoisotopic (exact) mass is 537 g/mol. The minimum absolute atomic E-state index is 0.0323. The number of hydrogen-bond donors (Lipinski definition) is 2. The van der Waals surface area contributed by atoms with Crippen LogP contribution in [0, 0.1) is 5.92 Å². The molecule has 2 N–H and O–H groups in total. The Hall–Kier alpha value is -4.43. The molecule has 4 aromatic rings. The molecule has 3 aromatic carbocycles. The summed E-state index contributed by atoms with van der Waals surface area (Å²) in [5.41, 5.74) is 6.63. The van der Waals surface area contributed by atoms with Crippen LogP contribution in [0.4, 0.5) is 0 Å². The Morgan fingerprint density at radius 2 is 1.80 bits per heavy atom. The van der Waals surface area contributed by atoms with Crippen LogP contribution >= 0.6 is 0 Å². The van der Waals surface area contributed by atoms with Crippen LogP contribution in [0.5, 0.6) is 5.75 Å². The van der Waals surface area contributed by atoms with Gasteiger partial charge in [-0.05, 0) is 47.2 Å². The maximum atomic E-state index is 13.3. The van der Waals surface area contributed by atoms with E-state index in [1.54, 1.807) is 7.11 Å². The Morgan fingerprint density at radius 1 is 1.05 bits per heavy atom. The number of carbonyl (C=O) groups excluding carboxylic acids is 1. The first-order valence-electron chi connectivity index (χ1n) is 13.5. The molecular formula is C32H31N3O5. The molecule has 6 rings (SSSR count). The van der Waals surface area contributed by atoms with Crippen molar-refractivity contribution in [3.8, 4) is 17.1 Å². The van der Waals surface area contributed by atoms with Crippen molar-refractivity contribution < 1.29 is 24.0 Å². The van der Waals surface area contributed by atoms with Gasteiger partial charge < -0.3 is 19.7 Å². The smallest absolute Gasteiger partial charge is 0.309 e. The molecule has 8 heteroatoms. The minimum Gasteiger partial charge on any atom is -0.497 e. The lowest BCUT2D eigenvalue weighted by atomic mass is 9.88. The van der Waals surface area contributed by atoms with Gasteiger partial charge in [0.25, 0.3) is 5.91 Å². The lowest BCUT2D eigenvalue weighted by molar-refractivity contribution is -0.147. The van der Waals surface area contributed by atoms with Crippen LogP contribution in [-0.2, 0) is 24.2 Å². The standard InChI is InChI=1S/C32H31N3O5/c1-39-25-11-8-22(9-12-25)28(21-5-3-2-4-6-21)16-33-31(36)29-27-14-10-23-15-20(7-13-26(23)30(27)40-34-29)17-35-18-24(19-35)32(37)38/h2-9,11-13,15,24,28H,10,14,16-19H2,1H3,(H,33,36)(H,37,38). The number of likely N-dealkylation sites (tertiary alicyclic amines) is 1. The molecule has 1 fully saturated rings. The topological polar surface area (TPSA) is 105 Å². The molecule has 1 saturated heterocycles. The van der Waals surface area contributed by atoms with E-state index in [-0.39, 0.29) is 17.7 Å². The summed E-state index contributed by atoms with van der Waals surface area (Å²) in [6.07, 6.45) is 1.46. The van der Waals surface area contributed by atoms with Crippen LogP contribution in [0.1, 0.15) is 44.2 Å². The second-order valence-electron chi connectivity index (χ2n) is 10.5. The third-order valence-electron chi connectivity index (χ3n) is 7.96. The predicted octanol–water partition coefficient (Wildman–Crippen LogP) is 4.53. The van der Waals surface area contributed by atoms with Gasteiger partial charge in [-0.2, -0.15) is 0 Å². The van der Waals surface area contributed by atoms with E-state index in [4.69, 9.17) is 14.4 Å². The summed E-state index contributed by atoms with van der Waals surface area (Å²) in [4.78, 5) is 26.6. The van der Waals surface area contributed by atoms with Gasteiger partial charge in [0.2, 0.25) is 0 Å². The van der Waals surface area contributed by atoms with Gasteiger partial charge in [-0.15, -0.1) is 0 Å². The van der Waals surface area contributed by atoms with Crippen molar-refractivity contribution in [2.75, 3.05) is 26.7 Å². The number of ether oxygens (including phenoxy) is 1. The summed E-state index contributed by atoms with van der Waals surface area (Å²) < 4.78 is 11.0. The van der Waals surface area contributed by atoms with Gasteiger partial charge in [-0.25, -0.2) is 0 Å². The number of fused-ring (bicyclic) bond motifs is 3. The van der Waals surface area contributed by atoms with Gasteiger partial charge >= 0.3 is 5.97 Å². The highest BCUT2D eigenvalue weighted by Crippen LogP contribution is 2.36. The average molecular weight is 538 g/mol. The molecule has 1 aromatic heterocycles. The highest BCUT2D eigenvalue weighted by Gasteiger charge is 2.33. The van der Waals surface area contributed by atoms with E-state index < -0.39 is 5.97 Å². The van der Waals surface area contributed by atoms with Crippen LogP contribution in [-0.4, -0.2) is 53.8 Å². The molecule has 1 aliphatic heterocycles. The second kappa shape index (κ2) is 11.0. The van der Waals surface area contributed by atoms with Crippen molar-refractivity contribution >= 4 is 11.9 Å². The highest BCUT2D eigenvalue weighted by atomic mass is 16.5. The molecule has 0 spiro atoms. The number of aliphatic carboxylic acids is 1. The number of nitrogens with one attached hydrogen (secondary N) is 1. The molecule has 1 amide bonds. The Labute approximate surface area is 232 Å². The largest absolute Gasteiger partial charge is 0.497 e. The first-order chi connectivity index (χ1) is 19.5. The fourth-order valence-corrected chi connectivity index (χ4v) is 5.71. The van der Waals surface area contributed by atoms with E-state index >= 15 is 0 Å². The highest BCUT2D eigenvalue weighted by molar-refractivity contribution is 5.95. The lowest BCUT2D eigenvalue weighted by Gasteiger charge is -2.36. The van der Waals surface area contributed by atoms with Gasteiger partial charge in [0.15, 0.2) is 11.5 Å². The number of hydrogen-bond acceptors (Lipinski definition) is 6. The Morgan fingerprint density at radius 3 is 2.52 bits per heavy atom. The Kier molecular flexibility index (Phi) is 7.09. The van der Waals surface area contributed by atoms with Gasteiger partial charge in [-0.1, -0.05) is 65.8 Å². The molecule has 204 valence electrons. The average Bonchev–Trinajstić information content (AvgIpc) is 3.40. The quantitative estimate of drug-likeness (QED) is 0.323. The number of benzene rings is 3. The molecule has 40 heavy (non-hydrogen) atoms. The van der Waals surface area contributed by atoms with E-state index in [1.165, 1.54) is 0 Å². The van der Waals surface area contributed by atoms with Crippen molar-refractivity contribution in [1.29, 1.82) is 0 Å². The molecule has 1 atom stereocenters. The summed E-state index contributed by atoms with van der Waals surface area (Å²) in [6.45, 7) is 2.31. The number of aromatic nitrogens is 1. The number of methoxy groups -OCH3 is 1. The molecular weight excluding hydrogens is 506 g/mol. The molecule has 2 aliphatic rings. The second-order valence-corrected chi connectivity index (χ2v) is 10.5. The van der Waals surface area contributed by atoms with Crippen LogP contribution in [0.3, 0.4) is 0 Å². The number of aryl methyl sites for hydroxylation is 1. The summed E-state index contributed by atoms with van der Waals surface area (Å²) in [6, 6.07) is 24.3.